The lowest BCUT2D eigenvalue weighted by atomic mass is 10.3. The van der Waals surface area contributed by atoms with Crippen molar-refractivity contribution in [1.29, 1.82) is 0 Å². The number of halogens is 1. The molecular weight excluding hydrogens is 232 g/mol. The molecule has 16 heavy (non-hydrogen) atoms. The summed E-state index contributed by atoms with van der Waals surface area (Å²) in [7, 11) is 0. The number of ether oxygens (including phenoxy) is 2. The van der Waals surface area contributed by atoms with Crippen LogP contribution in [0.4, 0.5) is 0 Å². The Hall–Kier alpha value is -1.75. The van der Waals surface area contributed by atoms with Crippen LogP contribution in [-0.4, -0.2) is 25.0 Å². The number of nitrogens with one attached hydrogen (secondary N) is 1. The third-order valence-electron chi connectivity index (χ3n) is 1.88. The molecule has 84 valence electrons. The fraction of sp³-hybridized carbons (Fsp3) is 0.200. The summed E-state index contributed by atoms with van der Waals surface area (Å²) in [5.41, 5.74) is 2.50. The van der Waals surface area contributed by atoms with Gasteiger partial charge in [-0.25, -0.2) is 0 Å². The van der Waals surface area contributed by atoms with E-state index in [2.05, 4.69) is 10.5 Å². The number of rotatable bonds is 4. The van der Waals surface area contributed by atoms with E-state index < -0.39 is 6.23 Å². The molecule has 5 nitrogen and oxygen atoms in total. The predicted molar refractivity (Wildman–Crippen MR) is 58.5 cm³/mol. The van der Waals surface area contributed by atoms with E-state index >= 15 is 0 Å². The van der Waals surface area contributed by atoms with Crippen molar-refractivity contribution in [3.8, 4) is 5.75 Å². The maximum atomic E-state index is 10.3. The zero-order chi connectivity index (χ0) is 11.4. The minimum Gasteiger partial charge on any atom is -0.484 e. The van der Waals surface area contributed by atoms with Gasteiger partial charge in [-0.05, 0) is 24.3 Å². The molecule has 0 aliphatic carbocycles. The van der Waals surface area contributed by atoms with Gasteiger partial charge in [0.25, 0.3) is 0 Å². The molecule has 0 spiro atoms. The second-order valence-electron chi connectivity index (χ2n) is 3.05. The van der Waals surface area contributed by atoms with Crippen molar-refractivity contribution in [2.45, 2.75) is 6.23 Å². The number of carbonyl (C=O) groups is 1. The van der Waals surface area contributed by atoms with Gasteiger partial charge < -0.3 is 9.47 Å². The summed E-state index contributed by atoms with van der Waals surface area (Å²) in [4.78, 5) is 10.3. The highest BCUT2D eigenvalue weighted by molar-refractivity contribution is 6.30. The largest absolute Gasteiger partial charge is 0.484 e. The number of hydrazone groups is 1. The molecule has 1 atom stereocenters. The average Bonchev–Trinajstić information content (AvgIpc) is 2.76. The molecule has 0 aromatic heterocycles. The minimum atomic E-state index is -0.705. The van der Waals surface area contributed by atoms with Crippen LogP contribution in [0.1, 0.15) is 0 Å². The van der Waals surface area contributed by atoms with Gasteiger partial charge in [0.1, 0.15) is 5.75 Å². The van der Waals surface area contributed by atoms with E-state index in [4.69, 9.17) is 21.1 Å². The number of benzene rings is 1. The Balaban J connectivity index is 1.84. The Morgan fingerprint density at radius 2 is 2.25 bits per heavy atom. The van der Waals surface area contributed by atoms with Crippen LogP contribution in [0.2, 0.25) is 5.02 Å². The van der Waals surface area contributed by atoms with Crippen LogP contribution in [0.25, 0.3) is 0 Å². The molecule has 0 bridgehead atoms. The zero-order valence-corrected chi connectivity index (χ0v) is 8.98. The summed E-state index contributed by atoms with van der Waals surface area (Å²) >= 11 is 5.72. The van der Waals surface area contributed by atoms with Crippen LogP contribution in [0, 0.1) is 0 Å². The third-order valence-corrected chi connectivity index (χ3v) is 2.13. The fourth-order valence-corrected chi connectivity index (χ4v) is 1.26. The predicted octanol–water partition coefficient (Wildman–Crippen LogP) is 1.18. The first-order valence-corrected chi connectivity index (χ1v) is 4.98. The van der Waals surface area contributed by atoms with E-state index in [9.17, 15) is 4.79 Å². The first-order chi connectivity index (χ1) is 7.78. The van der Waals surface area contributed by atoms with Gasteiger partial charge in [0.2, 0.25) is 12.1 Å². The van der Waals surface area contributed by atoms with E-state index in [0.29, 0.717) is 23.0 Å². The van der Waals surface area contributed by atoms with Crippen LogP contribution >= 0.6 is 11.6 Å². The average molecular weight is 241 g/mol. The minimum absolute atomic E-state index is 0.166. The maximum Gasteiger partial charge on any atom is 0.246 e. The van der Waals surface area contributed by atoms with E-state index in [-0.39, 0.29) is 6.61 Å². The Bertz CT molecular complexity index is 405. The van der Waals surface area contributed by atoms with Gasteiger partial charge in [0, 0.05) is 5.02 Å². The summed E-state index contributed by atoms with van der Waals surface area (Å²) in [5.74, 6) is 0.998. The van der Waals surface area contributed by atoms with Gasteiger partial charge in [0.05, 0.1) is 0 Å². The highest BCUT2D eigenvalue weighted by Gasteiger charge is 2.18. The summed E-state index contributed by atoms with van der Waals surface area (Å²) in [6, 6.07) is 6.92. The first kappa shape index (κ1) is 10.8. The fourth-order valence-electron chi connectivity index (χ4n) is 1.14. The second kappa shape index (κ2) is 4.85. The van der Waals surface area contributed by atoms with Gasteiger partial charge in [0.15, 0.2) is 12.9 Å². The van der Waals surface area contributed by atoms with Crippen molar-refractivity contribution in [3.63, 3.8) is 0 Å². The summed E-state index contributed by atoms with van der Waals surface area (Å²) in [5, 5.41) is 4.43. The van der Waals surface area contributed by atoms with Crippen LogP contribution < -0.4 is 10.2 Å². The van der Waals surface area contributed by atoms with Crippen molar-refractivity contribution in [2.75, 3.05) is 6.61 Å². The van der Waals surface area contributed by atoms with Crippen molar-refractivity contribution in [1.82, 2.24) is 5.43 Å². The molecule has 1 aromatic rings. The van der Waals surface area contributed by atoms with Gasteiger partial charge >= 0.3 is 0 Å². The Kier molecular flexibility index (Phi) is 3.26. The standard InChI is InChI=1S/C10H9ClN2O3/c11-7-1-3-8(4-2-7)15-6-10-13-12-9(5-14)16-10/h1-5,9,12H,6H2. The Labute approximate surface area is 97.0 Å². The van der Waals surface area contributed by atoms with Crippen LogP contribution in [0.3, 0.4) is 0 Å². The SMILES string of the molecule is O=CC1NN=C(COc2ccc(Cl)cc2)O1. The zero-order valence-electron chi connectivity index (χ0n) is 8.22. The molecule has 0 radical (unpaired) electrons. The van der Waals surface area contributed by atoms with Crippen LogP contribution in [0.5, 0.6) is 5.75 Å². The molecule has 6 heteroatoms. The highest BCUT2D eigenvalue weighted by Crippen LogP contribution is 2.15. The lowest BCUT2D eigenvalue weighted by Gasteiger charge is -2.06. The van der Waals surface area contributed by atoms with Crippen LogP contribution in [-0.2, 0) is 9.53 Å². The number of aldehydes is 1. The topological polar surface area (TPSA) is 59.9 Å². The Morgan fingerprint density at radius 1 is 1.50 bits per heavy atom. The molecule has 0 fully saturated rings. The van der Waals surface area contributed by atoms with E-state index in [1.807, 2.05) is 0 Å². The van der Waals surface area contributed by atoms with Gasteiger partial charge in [-0.15, -0.1) is 5.10 Å². The van der Waals surface area contributed by atoms with E-state index in [1.165, 1.54) is 0 Å². The second-order valence-corrected chi connectivity index (χ2v) is 3.49. The van der Waals surface area contributed by atoms with Crippen molar-refractivity contribution >= 4 is 23.8 Å². The van der Waals surface area contributed by atoms with E-state index in [0.717, 1.165) is 0 Å². The van der Waals surface area contributed by atoms with E-state index in [1.54, 1.807) is 24.3 Å². The normalized spacial score (nSPS) is 18.3. The monoisotopic (exact) mass is 240 g/mol. The molecule has 0 saturated carbocycles. The van der Waals surface area contributed by atoms with Gasteiger partial charge in [-0.2, -0.15) is 0 Å². The molecule has 1 aliphatic rings. The van der Waals surface area contributed by atoms with Crippen molar-refractivity contribution in [3.05, 3.63) is 29.3 Å². The summed E-state index contributed by atoms with van der Waals surface area (Å²) in [6.07, 6.45) is -0.0810. The molecule has 2 rings (SSSR count). The lowest BCUT2D eigenvalue weighted by Crippen LogP contribution is -2.24. The molecule has 1 aliphatic heterocycles. The third kappa shape index (κ3) is 2.64. The molecule has 0 saturated heterocycles. The molecule has 0 amide bonds. The number of hydrogen-bond donors (Lipinski definition) is 1. The molecule has 1 aromatic carbocycles. The summed E-state index contributed by atoms with van der Waals surface area (Å²) < 4.78 is 10.4. The molecule has 1 unspecified atom stereocenters. The molecule has 1 heterocycles. The first-order valence-electron chi connectivity index (χ1n) is 4.60. The van der Waals surface area contributed by atoms with Crippen molar-refractivity contribution in [2.24, 2.45) is 5.10 Å². The van der Waals surface area contributed by atoms with Crippen LogP contribution in [0.15, 0.2) is 29.4 Å². The summed E-state index contributed by atoms with van der Waals surface area (Å²) in [6.45, 7) is 0.166. The van der Waals surface area contributed by atoms with Gasteiger partial charge in [-0.1, -0.05) is 11.6 Å². The quantitative estimate of drug-likeness (QED) is 0.803. The Morgan fingerprint density at radius 3 is 2.88 bits per heavy atom. The molecule has 1 N–H and O–H groups in total. The van der Waals surface area contributed by atoms with Gasteiger partial charge in [-0.3, -0.25) is 10.2 Å². The smallest absolute Gasteiger partial charge is 0.246 e. The lowest BCUT2D eigenvalue weighted by molar-refractivity contribution is -0.114. The maximum absolute atomic E-state index is 10.3. The highest BCUT2D eigenvalue weighted by atomic mass is 35.5. The number of carbonyl (C=O) groups excluding carboxylic acids is 1. The number of hydrogen-bond acceptors (Lipinski definition) is 5. The molecular formula is C10H9ClN2O3. The van der Waals surface area contributed by atoms with Crippen molar-refractivity contribution < 1.29 is 14.3 Å². The number of nitrogens with zero attached hydrogens (tertiary/aromatic N) is 1.